The second-order valence-electron chi connectivity index (χ2n) is 2.86. The largest absolute Gasteiger partial charge is 0.398 e. The van der Waals surface area contributed by atoms with Gasteiger partial charge in [0.25, 0.3) is 0 Å². The molecule has 0 atom stereocenters. The van der Waals surface area contributed by atoms with Gasteiger partial charge in [-0.05, 0) is 17.7 Å². The van der Waals surface area contributed by atoms with E-state index in [0.29, 0.717) is 10.7 Å². The zero-order chi connectivity index (χ0) is 9.97. The Bertz CT molecular complexity index is 442. The van der Waals surface area contributed by atoms with Crippen molar-refractivity contribution in [2.24, 2.45) is 0 Å². The van der Waals surface area contributed by atoms with Crippen molar-refractivity contribution >= 4 is 17.3 Å². The van der Waals surface area contributed by atoms with Gasteiger partial charge in [-0.1, -0.05) is 17.7 Å². The number of nitrogens with zero attached hydrogens (tertiary/aromatic N) is 2. The van der Waals surface area contributed by atoms with Gasteiger partial charge in [-0.25, -0.2) is 9.97 Å². The first kappa shape index (κ1) is 8.97. The van der Waals surface area contributed by atoms with E-state index in [1.54, 1.807) is 24.5 Å². The highest BCUT2D eigenvalue weighted by molar-refractivity contribution is 6.33. The van der Waals surface area contributed by atoms with Crippen LogP contribution in [-0.2, 0) is 0 Å². The molecule has 1 aromatic heterocycles. The first-order valence-electron chi connectivity index (χ1n) is 4.08. The summed E-state index contributed by atoms with van der Waals surface area (Å²) in [5.41, 5.74) is 8.07. The summed E-state index contributed by atoms with van der Waals surface area (Å²) >= 11 is 5.90. The maximum absolute atomic E-state index is 5.90. The minimum Gasteiger partial charge on any atom is -0.398 e. The molecule has 0 saturated carbocycles. The average Bonchev–Trinajstić information content (AvgIpc) is 2.23. The Morgan fingerprint density at radius 3 is 2.43 bits per heavy atom. The first-order valence-corrected chi connectivity index (χ1v) is 4.45. The van der Waals surface area contributed by atoms with E-state index in [9.17, 15) is 0 Å². The molecule has 0 aliphatic rings. The average molecular weight is 206 g/mol. The van der Waals surface area contributed by atoms with E-state index in [1.807, 2.05) is 6.07 Å². The van der Waals surface area contributed by atoms with Gasteiger partial charge in [0, 0.05) is 18.0 Å². The fourth-order valence-electron chi connectivity index (χ4n) is 1.15. The van der Waals surface area contributed by atoms with Gasteiger partial charge in [-0.3, -0.25) is 0 Å². The lowest BCUT2D eigenvalue weighted by Crippen LogP contribution is -1.87. The normalized spacial score (nSPS) is 10.1. The second kappa shape index (κ2) is 3.64. The van der Waals surface area contributed by atoms with Crippen molar-refractivity contribution in [1.29, 1.82) is 0 Å². The second-order valence-corrected chi connectivity index (χ2v) is 3.27. The van der Waals surface area contributed by atoms with Crippen LogP contribution < -0.4 is 5.73 Å². The molecule has 0 fully saturated rings. The minimum absolute atomic E-state index is 0.548. The number of hydrogen-bond acceptors (Lipinski definition) is 3. The molecule has 0 spiro atoms. The maximum atomic E-state index is 5.90. The van der Waals surface area contributed by atoms with E-state index in [1.165, 1.54) is 6.33 Å². The van der Waals surface area contributed by atoms with Crippen LogP contribution in [0.3, 0.4) is 0 Å². The number of aromatic nitrogens is 2. The number of nitrogen functional groups attached to an aromatic ring is 1. The number of rotatable bonds is 1. The Morgan fingerprint density at radius 2 is 1.79 bits per heavy atom. The highest BCUT2D eigenvalue weighted by atomic mass is 35.5. The summed E-state index contributed by atoms with van der Waals surface area (Å²) in [4.78, 5) is 7.86. The maximum Gasteiger partial charge on any atom is 0.115 e. The van der Waals surface area contributed by atoms with Crippen LogP contribution in [-0.4, -0.2) is 9.97 Å². The fourth-order valence-corrected chi connectivity index (χ4v) is 1.34. The topological polar surface area (TPSA) is 51.8 Å². The third-order valence-corrected chi connectivity index (χ3v) is 2.22. The Balaban J connectivity index is 2.48. The molecule has 0 amide bonds. The molecule has 0 bridgehead atoms. The van der Waals surface area contributed by atoms with Crippen molar-refractivity contribution < 1.29 is 0 Å². The first-order chi connectivity index (χ1) is 6.77. The summed E-state index contributed by atoms with van der Waals surface area (Å²) in [7, 11) is 0. The van der Waals surface area contributed by atoms with Crippen molar-refractivity contribution in [1.82, 2.24) is 9.97 Å². The van der Waals surface area contributed by atoms with E-state index in [0.717, 1.165) is 11.1 Å². The van der Waals surface area contributed by atoms with E-state index in [4.69, 9.17) is 17.3 Å². The van der Waals surface area contributed by atoms with Gasteiger partial charge < -0.3 is 5.73 Å². The summed E-state index contributed by atoms with van der Waals surface area (Å²) in [6.45, 7) is 0. The molecular formula is C10H8ClN3. The quantitative estimate of drug-likeness (QED) is 0.728. The molecule has 0 unspecified atom stereocenters. The van der Waals surface area contributed by atoms with E-state index >= 15 is 0 Å². The van der Waals surface area contributed by atoms with Crippen molar-refractivity contribution in [3.8, 4) is 11.1 Å². The van der Waals surface area contributed by atoms with Gasteiger partial charge in [0.2, 0.25) is 0 Å². The van der Waals surface area contributed by atoms with Crippen LogP contribution in [0.15, 0.2) is 36.9 Å². The van der Waals surface area contributed by atoms with Crippen LogP contribution in [0.5, 0.6) is 0 Å². The van der Waals surface area contributed by atoms with Crippen molar-refractivity contribution in [3.63, 3.8) is 0 Å². The Labute approximate surface area is 86.6 Å². The summed E-state index contributed by atoms with van der Waals surface area (Å²) in [6.07, 6.45) is 4.95. The van der Waals surface area contributed by atoms with Crippen molar-refractivity contribution in [3.05, 3.63) is 41.9 Å². The molecule has 2 rings (SSSR count). The number of nitrogens with two attached hydrogens (primary N) is 1. The summed E-state index contributed by atoms with van der Waals surface area (Å²) in [6, 6.07) is 5.46. The lowest BCUT2D eigenvalue weighted by molar-refractivity contribution is 1.17. The molecule has 0 saturated heterocycles. The molecule has 2 aromatic rings. The number of benzene rings is 1. The molecule has 14 heavy (non-hydrogen) atoms. The zero-order valence-electron chi connectivity index (χ0n) is 7.31. The molecule has 0 aliphatic heterocycles. The van der Waals surface area contributed by atoms with Crippen LogP contribution >= 0.6 is 11.6 Å². The Morgan fingerprint density at radius 1 is 1.07 bits per heavy atom. The smallest absolute Gasteiger partial charge is 0.115 e. The molecule has 2 N–H and O–H groups in total. The lowest BCUT2D eigenvalue weighted by Gasteiger charge is -2.02. The van der Waals surface area contributed by atoms with Crippen LogP contribution in [0.25, 0.3) is 11.1 Å². The molecule has 4 heteroatoms. The van der Waals surface area contributed by atoms with Gasteiger partial charge in [-0.15, -0.1) is 0 Å². The van der Waals surface area contributed by atoms with Gasteiger partial charge >= 0.3 is 0 Å². The third kappa shape index (κ3) is 1.67. The summed E-state index contributed by atoms with van der Waals surface area (Å²) < 4.78 is 0. The lowest BCUT2D eigenvalue weighted by atomic mass is 10.1. The molecular weight excluding hydrogens is 198 g/mol. The Kier molecular flexibility index (Phi) is 2.33. The SMILES string of the molecule is Nc1ccc(-c2cncnc2)cc1Cl. The zero-order valence-corrected chi connectivity index (χ0v) is 8.07. The monoisotopic (exact) mass is 205 g/mol. The minimum atomic E-state index is 0.548. The van der Waals surface area contributed by atoms with Crippen LogP contribution in [0.1, 0.15) is 0 Å². The highest BCUT2D eigenvalue weighted by Crippen LogP contribution is 2.25. The van der Waals surface area contributed by atoms with Crippen molar-refractivity contribution in [2.75, 3.05) is 5.73 Å². The predicted octanol–water partition coefficient (Wildman–Crippen LogP) is 2.38. The van der Waals surface area contributed by atoms with Gasteiger partial charge in [0.1, 0.15) is 6.33 Å². The molecule has 1 aromatic carbocycles. The molecule has 0 aliphatic carbocycles. The van der Waals surface area contributed by atoms with Crippen molar-refractivity contribution in [2.45, 2.75) is 0 Å². The van der Waals surface area contributed by atoms with Crippen LogP contribution in [0, 0.1) is 0 Å². The Hall–Kier alpha value is -1.61. The van der Waals surface area contributed by atoms with Crippen LogP contribution in [0.4, 0.5) is 5.69 Å². The number of hydrogen-bond donors (Lipinski definition) is 1. The molecule has 0 radical (unpaired) electrons. The fraction of sp³-hybridized carbons (Fsp3) is 0. The van der Waals surface area contributed by atoms with E-state index < -0.39 is 0 Å². The number of anilines is 1. The van der Waals surface area contributed by atoms with Crippen LogP contribution in [0.2, 0.25) is 5.02 Å². The number of halogens is 1. The molecule has 70 valence electrons. The summed E-state index contributed by atoms with van der Waals surface area (Å²) in [5.74, 6) is 0. The molecule has 1 heterocycles. The predicted molar refractivity (Wildman–Crippen MR) is 56.9 cm³/mol. The standard InChI is InChI=1S/C10H8ClN3/c11-9-3-7(1-2-10(9)12)8-4-13-6-14-5-8/h1-6H,12H2. The molecule has 3 nitrogen and oxygen atoms in total. The summed E-state index contributed by atoms with van der Waals surface area (Å²) in [5, 5.41) is 0.548. The van der Waals surface area contributed by atoms with Gasteiger partial charge in [0.15, 0.2) is 0 Å². The highest BCUT2D eigenvalue weighted by Gasteiger charge is 2.00. The third-order valence-electron chi connectivity index (χ3n) is 1.89. The van der Waals surface area contributed by atoms with Gasteiger partial charge in [0.05, 0.1) is 10.7 Å². The van der Waals surface area contributed by atoms with E-state index in [2.05, 4.69) is 9.97 Å². The van der Waals surface area contributed by atoms with E-state index in [-0.39, 0.29) is 0 Å². The van der Waals surface area contributed by atoms with Gasteiger partial charge in [-0.2, -0.15) is 0 Å².